The highest BCUT2D eigenvalue weighted by molar-refractivity contribution is 7.21. The number of carbonyl (C=O) groups is 2. The van der Waals surface area contributed by atoms with Gasteiger partial charge >= 0.3 is 5.97 Å². The van der Waals surface area contributed by atoms with Crippen molar-refractivity contribution in [2.75, 3.05) is 19.0 Å². The first-order chi connectivity index (χ1) is 12.6. The number of anilines is 1. The van der Waals surface area contributed by atoms with Crippen LogP contribution in [0.2, 0.25) is 0 Å². The molecular weight excluding hydrogens is 350 g/mol. The van der Waals surface area contributed by atoms with Gasteiger partial charge in [0, 0.05) is 15.8 Å². The lowest BCUT2D eigenvalue weighted by molar-refractivity contribution is -0.115. The van der Waals surface area contributed by atoms with Gasteiger partial charge in [0.05, 0.1) is 20.1 Å². The first kappa shape index (κ1) is 17.9. The lowest BCUT2D eigenvalue weighted by Gasteiger charge is -2.07. The van der Waals surface area contributed by atoms with Gasteiger partial charge in [-0.1, -0.05) is 30.3 Å². The molecule has 0 aliphatic heterocycles. The molecule has 0 aliphatic carbocycles. The predicted octanol–water partition coefficient (Wildman–Crippen LogP) is 4.27. The fourth-order valence-corrected chi connectivity index (χ4v) is 3.70. The highest BCUT2D eigenvalue weighted by Gasteiger charge is 2.20. The molecule has 26 heavy (non-hydrogen) atoms. The third-order valence-electron chi connectivity index (χ3n) is 3.79. The van der Waals surface area contributed by atoms with Crippen LogP contribution in [0.4, 0.5) is 5.69 Å². The summed E-state index contributed by atoms with van der Waals surface area (Å²) in [4.78, 5) is 24.7. The summed E-state index contributed by atoms with van der Waals surface area (Å²) in [5.74, 6) is -0.0280. The molecule has 0 radical (unpaired) electrons. The zero-order chi connectivity index (χ0) is 18.5. The van der Waals surface area contributed by atoms with Gasteiger partial charge in [-0.3, -0.25) is 4.79 Å². The highest BCUT2D eigenvalue weighted by Crippen LogP contribution is 2.39. The number of rotatable bonds is 6. The molecule has 0 atom stereocenters. The van der Waals surface area contributed by atoms with Gasteiger partial charge in [0.1, 0.15) is 0 Å². The Hall–Kier alpha value is -2.86. The molecule has 1 heterocycles. The van der Waals surface area contributed by atoms with Gasteiger partial charge in [-0.15, -0.1) is 11.3 Å². The molecule has 0 aliphatic rings. The maximum absolute atomic E-state index is 12.3. The fourth-order valence-electron chi connectivity index (χ4n) is 2.65. The van der Waals surface area contributed by atoms with Crippen LogP contribution in [0.1, 0.15) is 22.2 Å². The van der Waals surface area contributed by atoms with E-state index >= 15 is 0 Å². The summed E-state index contributed by atoms with van der Waals surface area (Å²) in [6.07, 6.45) is 0.300. The Bertz CT molecular complexity index is 934. The molecule has 3 rings (SSSR count). The number of fused-ring (bicyclic) bond motifs is 1. The third-order valence-corrected chi connectivity index (χ3v) is 4.93. The van der Waals surface area contributed by atoms with Crippen molar-refractivity contribution >= 4 is 39.0 Å². The monoisotopic (exact) mass is 369 g/mol. The molecule has 5 nitrogen and oxygen atoms in total. The molecule has 2 aromatic carbocycles. The van der Waals surface area contributed by atoms with Crippen LogP contribution in [0, 0.1) is 0 Å². The van der Waals surface area contributed by atoms with Gasteiger partial charge in [-0.25, -0.2) is 4.79 Å². The van der Waals surface area contributed by atoms with Gasteiger partial charge < -0.3 is 14.8 Å². The van der Waals surface area contributed by atoms with Crippen LogP contribution in [-0.2, 0) is 16.0 Å². The van der Waals surface area contributed by atoms with Crippen LogP contribution in [0.5, 0.6) is 5.75 Å². The van der Waals surface area contributed by atoms with E-state index in [0.717, 1.165) is 15.6 Å². The molecule has 0 saturated carbocycles. The largest absolute Gasteiger partial charge is 0.491 e. The number of ether oxygens (including phenoxy) is 2. The lowest BCUT2D eigenvalue weighted by Crippen LogP contribution is -2.14. The molecule has 1 N–H and O–H groups in total. The molecule has 0 saturated heterocycles. The SMILES string of the molecule is CCOc1c(C(=O)OC)sc2ccc(NC(=O)Cc3ccccc3)cc12. The Morgan fingerprint density at radius 3 is 2.58 bits per heavy atom. The number of thiophene rings is 1. The van der Waals surface area contributed by atoms with Crippen LogP contribution in [0.3, 0.4) is 0 Å². The van der Waals surface area contributed by atoms with E-state index in [0.29, 0.717) is 29.3 Å². The number of nitrogens with one attached hydrogen (secondary N) is 1. The van der Waals surface area contributed by atoms with Crippen molar-refractivity contribution in [1.82, 2.24) is 0 Å². The third kappa shape index (κ3) is 3.86. The van der Waals surface area contributed by atoms with Crippen molar-refractivity contribution in [3.63, 3.8) is 0 Å². The Morgan fingerprint density at radius 1 is 1.12 bits per heavy atom. The number of amides is 1. The number of esters is 1. The summed E-state index contributed by atoms with van der Waals surface area (Å²) in [6.45, 7) is 2.29. The summed E-state index contributed by atoms with van der Waals surface area (Å²) in [6, 6.07) is 15.1. The van der Waals surface area contributed by atoms with Gasteiger partial charge in [0.15, 0.2) is 10.6 Å². The molecule has 0 fully saturated rings. The molecular formula is C20H19NO4S. The average Bonchev–Trinajstić information content (AvgIpc) is 3.00. The molecule has 1 aromatic heterocycles. The van der Waals surface area contributed by atoms with Crippen molar-refractivity contribution < 1.29 is 19.1 Å². The second-order valence-corrected chi connectivity index (χ2v) is 6.66. The summed E-state index contributed by atoms with van der Waals surface area (Å²) >= 11 is 1.31. The van der Waals surface area contributed by atoms with E-state index < -0.39 is 5.97 Å². The Balaban J connectivity index is 1.87. The van der Waals surface area contributed by atoms with Crippen molar-refractivity contribution in [2.45, 2.75) is 13.3 Å². The first-order valence-electron chi connectivity index (χ1n) is 8.23. The highest BCUT2D eigenvalue weighted by atomic mass is 32.1. The van der Waals surface area contributed by atoms with Crippen LogP contribution >= 0.6 is 11.3 Å². The van der Waals surface area contributed by atoms with Crippen LogP contribution in [0.25, 0.3) is 10.1 Å². The van der Waals surface area contributed by atoms with Crippen molar-refractivity contribution in [3.05, 3.63) is 59.0 Å². The van der Waals surface area contributed by atoms with E-state index in [9.17, 15) is 9.59 Å². The Labute approximate surface area is 155 Å². The maximum Gasteiger partial charge on any atom is 0.351 e. The summed E-state index contributed by atoms with van der Waals surface area (Å²) in [5, 5.41) is 3.69. The summed E-state index contributed by atoms with van der Waals surface area (Å²) in [5.41, 5.74) is 1.61. The first-order valence-corrected chi connectivity index (χ1v) is 9.05. The van der Waals surface area contributed by atoms with Crippen LogP contribution in [-0.4, -0.2) is 25.6 Å². The zero-order valence-corrected chi connectivity index (χ0v) is 15.4. The van der Waals surface area contributed by atoms with E-state index in [4.69, 9.17) is 9.47 Å². The quantitative estimate of drug-likeness (QED) is 0.659. The molecule has 1 amide bonds. The number of carbonyl (C=O) groups excluding carboxylic acids is 2. The van der Waals surface area contributed by atoms with Crippen LogP contribution in [0.15, 0.2) is 48.5 Å². The number of hydrogen-bond acceptors (Lipinski definition) is 5. The van der Waals surface area contributed by atoms with E-state index in [1.165, 1.54) is 18.4 Å². The smallest absolute Gasteiger partial charge is 0.351 e. The summed E-state index contributed by atoms with van der Waals surface area (Å²) < 4.78 is 11.4. The maximum atomic E-state index is 12.3. The number of benzene rings is 2. The average molecular weight is 369 g/mol. The minimum absolute atomic E-state index is 0.100. The van der Waals surface area contributed by atoms with E-state index in [2.05, 4.69) is 5.32 Å². The van der Waals surface area contributed by atoms with Crippen molar-refractivity contribution in [3.8, 4) is 5.75 Å². The van der Waals surface area contributed by atoms with E-state index in [-0.39, 0.29) is 5.91 Å². The zero-order valence-electron chi connectivity index (χ0n) is 14.6. The van der Waals surface area contributed by atoms with Gasteiger partial charge in [0.25, 0.3) is 0 Å². The van der Waals surface area contributed by atoms with Gasteiger partial charge in [-0.2, -0.15) is 0 Å². The van der Waals surface area contributed by atoms with Crippen LogP contribution < -0.4 is 10.1 Å². The second kappa shape index (κ2) is 8.01. The molecule has 3 aromatic rings. The number of methoxy groups -OCH3 is 1. The van der Waals surface area contributed by atoms with Gasteiger partial charge in [-0.05, 0) is 30.7 Å². The van der Waals surface area contributed by atoms with Crippen molar-refractivity contribution in [1.29, 1.82) is 0 Å². The Kier molecular flexibility index (Phi) is 5.53. The molecule has 0 spiro atoms. The van der Waals surface area contributed by atoms with E-state index in [1.54, 1.807) is 0 Å². The molecule has 0 unspecified atom stereocenters. The minimum Gasteiger partial charge on any atom is -0.491 e. The summed E-state index contributed by atoms with van der Waals surface area (Å²) in [7, 11) is 1.34. The van der Waals surface area contributed by atoms with E-state index in [1.807, 2.05) is 55.5 Å². The topological polar surface area (TPSA) is 64.6 Å². The lowest BCUT2D eigenvalue weighted by atomic mass is 10.1. The normalized spacial score (nSPS) is 10.5. The van der Waals surface area contributed by atoms with Crippen molar-refractivity contribution in [2.24, 2.45) is 0 Å². The molecule has 134 valence electrons. The molecule has 0 bridgehead atoms. The molecule has 6 heteroatoms. The number of hydrogen-bond donors (Lipinski definition) is 1. The Morgan fingerprint density at radius 2 is 1.88 bits per heavy atom. The minimum atomic E-state index is -0.427. The fraction of sp³-hybridized carbons (Fsp3) is 0.200. The standard InChI is InChI=1S/C20H19NO4S/c1-3-25-18-15-12-14(9-10-16(15)26-19(18)20(23)24-2)21-17(22)11-13-7-5-4-6-8-13/h4-10,12H,3,11H2,1-2H3,(H,21,22). The van der Waals surface area contributed by atoms with Gasteiger partial charge in [0.2, 0.25) is 5.91 Å². The second-order valence-electron chi connectivity index (χ2n) is 5.61. The predicted molar refractivity (Wildman–Crippen MR) is 103 cm³/mol.